The van der Waals surface area contributed by atoms with E-state index in [4.69, 9.17) is 11.6 Å². The summed E-state index contributed by atoms with van der Waals surface area (Å²) in [6, 6.07) is 24.2. The number of anilines is 2. The van der Waals surface area contributed by atoms with Gasteiger partial charge in [0.15, 0.2) is 0 Å². The van der Waals surface area contributed by atoms with E-state index in [9.17, 15) is 9.59 Å². The summed E-state index contributed by atoms with van der Waals surface area (Å²) < 4.78 is 0.971. The number of thiophene rings is 1. The van der Waals surface area contributed by atoms with Crippen LogP contribution < -0.4 is 10.6 Å². The van der Waals surface area contributed by atoms with Gasteiger partial charge < -0.3 is 10.6 Å². The zero-order valence-corrected chi connectivity index (χ0v) is 16.9. The van der Waals surface area contributed by atoms with Crippen LogP contribution in [-0.4, -0.2) is 11.8 Å². The minimum absolute atomic E-state index is 0.0926. The fourth-order valence-corrected chi connectivity index (χ4v) is 4.38. The van der Waals surface area contributed by atoms with E-state index in [1.807, 2.05) is 54.6 Å². The zero-order chi connectivity index (χ0) is 20.2. The van der Waals surface area contributed by atoms with Crippen LogP contribution in [0.3, 0.4) is 0 Å². The number of fused-ring (bicyclic) bond motifs is 1. The molecule has 0 fully saturated rings. The van der Waals surface area contributed by atoms with Gasteiger partial charge >= 0.3 is 0 Å². The first-order chi connectivity index (χ1) is 14.1. The smallest absolute Gasteiger partial charge is 0.267 e. The number of carbonyl (C=O) groups excluding carboxylic acids is 2. The lowest BCUT2D eigenvalue weighted by molar-refractivity contribution is -0.115. The number of hydrogen-bond donors (Lipinski definition) is 2. The van der Waals surface area contributed by atoms with Crippen LogP contribution in [0.2, 0.25) is 5.02 Å². The Hall–Kier alpha value is -3.15. The van der Waals surface area contributed by atoms with Gasteiger partial charge in [-0.25, -0.2) is 0 Å². The van der Waals surface area contributed by atoms with Gasteiger partial charge in [-0.05, 0) is 35.9 Å². The number of nitrogens with one attached hydrogen (secondary N) is 2. The van der Waals surface area contributed by atoms with Gasteiger partial charge in [-0.1, -0.05) is 60.1 Å². The highest BCUT2D eigenvalue weighted by molar-refractivity contribution is 7.21. The molecule has 0 spiro atoms. The van der Waals surface area contributed by atoms with Crippen molar-refractivity contribution in [2.75, 3.05) is 10.6 Å². The van der Waals surface area contributed by atoms with E-state index >= 15 is 0 Å². The van der Waals surface area contributed by atoms with Crippen molar-refractivity contribution in [3.05, 3.63) is 94.3 Å². The van der Waals surface area contributed by atoms with Gasteiger partial charge in [0.05, 0.1) is 11.4 Å². The first-order valence-electron chi connectivity index (χ1n) is 9.02. The molecule has 0 radical (unpaired) electrons. The van der Waals surface area contributed by atoms with E-state index in [1.165, 1.54) is 11.3 Å². The summed E-state index contributed by atoms with van der Waals surface area (Å²) >= 11 is 7.73. The lowest BCUT2D eigenvalue weighted by atomic mass is 10.1. The summed E-state index contributed by atoms with van der Waals surface area (Å²) in [5.74, 6) is -0.345. The van der Waals surface area contributed by atoms with Crippen LogP contribution in [0.1, 0.15) is 15.2 Å². The minimum Gasteiger partial charge on any atom is -0.326 e. The summed E-state index contributed by atoms with van der Waals surface area (Å²) in [4.78, 5) is 25.3. The van der Waals surface area contributed by atoms with Crippen LogP contribution in [-0.2, 0) is 11.2 Å². The molecule has 0 bridgehead atoms. The van der Waals surface area contributed by atoms with Crippen molar-refractivity contribution in [2.24, 2.45) is 0 Å². The quantitative estimate of drug-likeness (QED) is 0.416. The highest BCUT2D eigenvalue weighted by Crippen LogP contribution is 2.35. The van der Waals surface area contributed by atoms with E-state index in [-0.39, 0.29) is 11.8 Å². The Morgan fingerprint density at radius 3 is 2.10 bits per heavy atom. The largest absolute Gasteiger partial charge is 0.326 e. The molecule has 1 heterocycles. The average molecular weight is 421 g/mol. The third-order valence-electron chi connectivity index (χ3n) is 4.38. The SMILES string of the molecule is O=C(Cc1ccccc1)Nc1ccc(NC(=O)c2sc3ccccc3c2Cl)cc1. The van der Waals surface area contributed by atoms with Crippen molar-refractivity contribution >= 4 is 56.2 Å². The number of rotatable bonds is 5. The number of carbonyl (C=O) groups is 2. The lowest BCUT2D eigenvalue weighted by Gasteiger charge is -2.08. The topological polar surface area (TPSA) is 58.2 Å². The Balaban J connectivity index is 1.40. The number of hydrogen-bond acceptors (Lipinski definition) is 3. The van der Waals surface area contributed by atoms with E-state index in [2.05, 4.69) is 10.6 Å². The molecule has 0 aliphatic carbocycles. The third kappa shape index (κ3) is 4.47. The lowest BCUT2D eigenvalue weighted by Crippen LogP contribution is -2.14. The third-order valence-corrected chi connectivity index (χ3v) is 6.05. The maximum atomic E-state index is 12.6. The van der Waals surface area contributed by atoms with Crippen LogP contribution in [0.4, 0.5) is 11.4 Å². The number of halogens is 1. The molecule has 4 rings (SSSR count). The molecule has 0 aliphatic heterocycles. The summed E-state index contributed by atoms with van der Waals surface area (Å²) in [6.07, 6.45) is 0.309. The Bertz CT molecular complexity index is 1170. The molecule has 2 N–H and O–H groups in total. The second kappa shape index (κ2) is 8.47. The van der Waals surface area contributed by atoms with Crippen LogP contribution in [0.15, 0.2) is 78.9 Å². The molecule has 1 aromatic heterocycles. The van der Waals surface area contributed by atoms with Crippen molar-refractivity contribution < 1.29 is 9.59 Å². The van der Waals surface area contributed by atoms with Crippen LogP contribution >= 0.6 is 22.9 Å². The molecule has 0 saturated heterocycles. The molecular weight excluding hydrogens is 404 g/mol. The van der Waals surface area contributed by atoms with Crippen molar-refractivity contribution in [3.63, 3.8) is 0 Å². The molecule has 6 heteroatoms. The molecule has 144 valence electrons. The minimum atomic E-state index is -0.253. The zero-order valence-electron chi connectivity index (χ0n) is 15.3. The van der Waals surface area contributed by atoms with Gasteiger partial charge in [0, 0.05) is 21.5 Å². The van der Waals surface area contributed by atoms with Crippen molar-refractivity contribution in [3.8, 4) is 0 Å². The molecule has 3 aromatic carbocycles. The fourth-order valence-electron chi connectivity index (χ4n) is 2.97. The Labute approximate surface area is 177 Å². The van der Waals surface area contributed by atoms with Crippen LogP contribution in [0, 0.1) is 0 Å². The van der Waals surface area contributed by atoms with Crippen molar-refractivity contribution in [2.45, 2.75) is 6.42 Å². The highest BCUT2D eigenvalue weighted by Gasteiger charge is 2.17. The predicted octanol–water partition coefficient (Wildman–Crippen LogP) is 5.99. The van der Waals surface area contributed by atoms with Crippen molar-refractivity contribution in [1.82, 2.24) is 0 Å². The van der Waals surface area contributed by atoms with Crippen LogP contribution in [0.5, 0.6) is 0 Å². The summed E-state index contributed by atoms with van der Waals surface area (Å²) in [6.45, 7) is 0. The molecule has 0 unspecified atom stereocenters. The first kappa shape index (κ1) is 19.2. The molecule has 4 aromatic rings. The molecule has 0 atom stereocenters. The van der Waals surface area contributed by atoms with E-state index < -0.39 is 0 Å². The summed E-state index contributed by atoms with van der Waals surface area (Å²) in [5.41, 5.74) is 2.25. The average Bonchev–Trinajstić information content (AvgIpc) is 3.07. The Kier molecular flexibility index (Phi) is 5.60. The van der Waals surface area contributed by atoms with Crippen LogP contribution in [0.25, 0.3) is 10.1 Å². The van der Waals surface area contributed by atoms with E-state index in [0.29, 0.717) is 27.7 Å². The fraction of sp³-hybridized carbons (Fsp3) is 0.0435. The Morgan fingerprint density at radius 1 is 0.793 bits per heavy atom. The molecule has 4 nitrogen and oxygen atoms in total. The highest BCUT2D eigenvalue weighted by atomic mass is 35.5. The van der Waals surface area contributed by atoms with E-state index in [1.54, 1.807) is 24.3 Å². The predicted molar refractivity (Wildman–Crippen MR) is 120 cm³/mol. The molecule has 2 amide bonds. The number of benzene rings is 3. The normalized spacial score (nSPS) is 10.7. The standard InChI is InChI=1S/C23H17ClN2O2S/c24-21-18-8-4-5-9-19(18)29-22(21)23(28)26-17-12-10-16(11-13-17)25-20(27)14-15-6-2-1-3-7-15/h1-13H,14H2,(H,25,27)(H,26,28). The van der Waals surface area contributed by atoms with E-state index in [0.717, 1.165) is 15.6 Å². The maximum absolute atomic E-state index is 12.6. The molecule has 0 aliphatic rings. The number of amides is 2. The molecule has 29 heavy (non-hydrogen) atoms. The maximum Gasteiger partial charge on any atom is 0.267 e. The van der Waals surface area contributed by atoms with Gasteiger partial charge in [0.1, 0.15) is 4.88 Å². The monoisotopic (exact) mass is 420 g/mol. The summed E-state index contributed by atoms with van der Waals surface area (Å²) in [5, 5.41) is 7.05. The van der Waals surface area contributed by atoms with Crippen molar-refractivity contribution in [1.29, 1.82) is 0 Å². The summed E-state index contributed by atoms with van der Waals surface area (Å²) in [7, 11) is 0. The van der Waals surface area contributed by atoms with Gasteiger partial charge in [-0.15, -0.1) is 11.3 Å². The first-order valence-corrected chi connectivity index (χ1v) is 10.2. The van der Waals surface area contributed by atoms with Gasteiger partial charge in [-0.3, -0.25) is 9.59 Å². The second-order valence-corrected chi connectivity index (χ2v) is 7.91. The molecular formula is C23H17ClN2O2S. The second-order valence-electron chi connectivity index (χ2n) is 6.48. The van der Waals surface area contributed by atoms with Gasteiger partial charge in [-0.2, -0.15) is 0 Å². The molecule has 0 saturated carbocycles. The van der Waals surface area contributed by atoms with Gasteiger partial charge in [0.2, 0.25) is 5.91 Å². The Morgan fingerprint density at radius 2 is 1.41 bits per heavy atom. The van der Waals surface area contributed by atoms with Gasteiger partial charge in [0.25, 0.3) is 5.91 Å².